The molecule has 34 heavy (non-hydrogen) atoms. The van der Waals surface area contributed by atoms with Crippen molar-refractivity contribution >= 4 is 5.91 Å². The maximum absolute atomic E-state index is 13.0. The lowest BCUT2D eigenvalue weighted by Gasteiger charge is -2.44. The Morgan fingerprint density at radius 2 is 1.74 bits per heavy atom. The van der Waals surface area contributed by atoms with Crippen molar-refractivity contribution in [1.29, 1.82) is 0 Å². The van der Waals surface area contributed by atoms with Gasteiger partial charge in [-0.2, -0.15) is 0 Å². The molecule has 0 aliphatic carbocycles. The van der Waals surface area contributed by atoms with E-state index in [0.29, 0.717) is 12.1 Å². The Labute approximate surface area is 204 Å². The van der Waals surface area contributed by atoms with Crippen molar-refractivity contribution in [3.8, 4) is 5.75 Å². The minimum atomic E-state index is 0.142. The quantitative estimate of drug-likeness (QED) is 0.560. The van der Waals surface area contributed by atoms with E-state index in [1.807, 2.05) is 29.2 Å². The number of methoxy groups -OCH3 is 1. The number of likely N-dealkylation sites (tertiary alicyclic amines) is 2. The van der Waals surface area contributed by atoms with Crippen LogP contribution in [-0.2, 0) is 0 Å². The fourth-order valence-corrected chi connectivity index (χ4v) is 6.19. The SMILES string of the molecule is C=CCN1C2CCC1CN(C(c1ccc(C(=O)N3CCCCC3)cc1)c1cccc(OC)c1)C2. The van der Waals surface area contributed by atoms with E-state index in [-0.39, 0.29) is 11.9 Å². The van der Waals surface area contributed by atoms with E-state index in [1.54, 1.807) is 7.11 Å². The van der Waals surface area contributed by atoms with Crippen LogP contribution in [-0.4, -0.2) is 72.5 Å². The molecule has 0 spiro atoms. The maximum Gasteiger partial charge on any atom is 0.253 e. The Balaban J connectivity index is 1.43. The summed E-state index contributed by atoms with van der Waals surface area (Å²) in [4.78, 5) is 20.3. The first-order chi connectivity index (χ1) is 16.7. The maximum atomic E-state index is 13.0. The van der Waals surface area contributed by atoms with Crippen molar-refractivity contribution in [2.75, 3.05) is 39.8 Å². The second-order valence-corrected chi connectivity index (χ2v) is 9.98. The largest absolute Gasteiger partial charge is 0.497 e. The number of hydrogen-bond acceptors (Lipinski definition) is 4. The first-order valence-corrected chi connectivity index (χ1v) is 12.8. The highest BCUT2D eigenvalue weighted by atomic mass is 16.5. The third kappa shape index (κ3) is 4.64. The number of nitrogens with zero attached hydrogens (tertiary/aromatic N) is 3. The van der Waals surface area contributed by atoms with Crippen LogP contribution in [0.4, 0.5) is 0 Å². The van der Waals surface area contributed by atoms with Gasteiger partial charge in [0.05, 0.1) is 13.2 Å². The molecule has 3 unspecified atom stereocenters. The van der Waals surface area contributed by atoms with Gasteiger partial charge >= 0.3 is 0 Å². The topological polar surface area (TPSA) is 36.0 Å². The summed E-state index contributed by atoms with van der Waals surface area (Å²) in [5.41, 5.74) is 3.27. The van der Waals surface area contributed by atoms with Gasteiger partial charge in [0.15, 0.2) is 0 Å². The molecule has 2 aromatic rings. The van der Waals surface area contributed by atoms with Crippen LogP contribution < -0.4 is 4.74 Å². The Morgan fingerprint density at radius 1 is 1.03 bits per heavy atom. The number of carbonyl (C=O) groups is 1. The van der Waals surface area contributed by atoms with Crippen LogP contribution in [0.3, 0.4) is 0 Å². The third-order valence-corrected chi connectivity index (χ3v) is 7.89. The second-order valence-electron chi connectivity index (χ2n) is 9.98. The Morgan fingerprint density at radius 3 is 2.38 bits per heavy atom. The number of fused-ring (bicyclic) bond motifs is 2. The number of benzene rings is 2. The van der Waals surface area contributed by atoms with Gasteiger partial charge in [0, 0.05) is 50.4 Å². The fraction of sp³-hybridized carbons (Fsp3) is 0.483. The van der Waals surface area contributed by atoms with Crippen molar-refractivity contribution in [3.05, 3.63) is 77.9 Å². The average Bonchev–Trinajstić information content (AvgIpc) is 3.12. The lowest BCUT2D eigenvalue weighted by atomic mass is 9.94. The van der Waals surface area contributed by atoms with E-state index in [0.717, 1.165) is 56.9 Å². The standard InChI is InChI=1S/C29H37N3O2/c1-3-16-32-25-14-15-26(32)21-31(20-25)28(24-8-7-9-27(19-24)34-2)22-10-12-23(13-11-22)29(33)30-17-5-4-6-18-30/h3,7-13,19,25-26,28H,1,4-6,14-18,20-21H2,2H3. The first kappa shape index (κ1) is 23.1. The zero-order valence-electron chi connectivity index (χ0n) is 20.4. The van der Waals surface area contributed by atoms with Crippen molar-refractivity contribution < 1.29 is 9.53 Å². The lowest BCUT2D eigenvalue weighted by molar-refractivity contribution is 0.0582. The van der Waals surface area contributed by atoms with E-state index in [1.165, 1.54) is 30.4 Å². The van der Waals surface area contributed by atoms with E-state index in [4.69, 9.17) is 4.74 Å². The number of hydrogen-bond donors (Lipinski definition) is 0. The summed E-state index contributed by atoms with van der Waals surface area (Å²) in [6, 6.07) is 18.1. The number of carbonyl (C=O) groups excluding carboxylic acids is 1. The van der Waals surface area contributed by atoms with E-state index in [2.05, 4.69) is 46.7 Å². The second kappa shape index (κ2) is 10.3. The molecule has 0 aromatic heterocycles. The van der Waals surface area contributed by atoms with Crippen molar-refractivity contribution in [2.45, 2.75) is 50.2 Å². The minimum absolute atomic E-state index is 0.142. The van der Waals surface area contributed by atoms with Crippen molar-refractivity contribution in [2.24, 2.45) is 0 Å². The first-order valence-electron chi connectivity index (χ1n) is 12.8. The Kier molecular flexibility index (Phi) is 7.02. The molecule has 180 valence electrons. The molecule has 2 aromatic carbocycles. The van der Waals surface area contributed by atoms with Crippen molar-refractivity contribution in [1.82, 2.24) is 14.7 Å². The minimum Gasteiger partial charge on any atom is -0.497 e. The molecule has 5 nitrogen and oxygen atoms in total. The molecule has 5 rings (SSSR count). The highest BCUT2D eigenvalue weighted by Crippen LogP contribution is 2.38. The summed E-state index contributed by atoms with van der Waals surface area (Å²) in [5, 5.41) is 0. The summed E-state index contributed by atoms with van der Waals surface area (Å²) in [5.74, 6) is 1.05. The average molecular weight is 460 g/mol. The lowest BCUT2D eigenvalue weighted by Crippen LogP contribution is -2.54. The van der Waals surface area contributed by atoms with E-state index in [9.17, 15) is 4.79 Å². The summed E-state index contributed by atoms with van der Waals surface area (Å²) >= 11 is 0. The molecule has 0 radical (unpaired) electrons. The van der Waals surface area contributed by atoms with Crippen molar-refractivity contribution in [3.63, 3.8) is 0 Å². The number of rotatable bonds is 7. The predicted molar refractivity (Wildman–Crippen MR) is 136 cm³/mol. The van der Waals surface area contributed by atoms with Gasteiger partial charge in [0.1, 0.15) is 5.75 Å². The van der Waals surface area contributed by atoms with E-state index >= 15 is 0 Å². The molecule has 5 heteroatoms. The molecule has 2 bridgehead atoms. The van der Waals surface area contributed by atoms with Crippen LogP contribution in [0.2, 0.25) is 0 Å². The summed E-state index contributed by atoms with van der Waals surface area (Å²) in [6.45, 7) is 8.79. The third-order valence-electron chi connectivity index (χ3n) is 7.89. The fourth-order valence-electron chi connectivity index (χ4n) is 6.19. The number of amides is 1. The molecule has 3 aliphatic heterocycles. The molecular formula is C29H37N3O2. The molecule has 3 heterocycles. The van der Waals surface area contributed by atoms with Gasteiger partial charge in [-0.15, -0.1) is 6.58 Å². The molecule has 3 saturated heterocycles. The summed E-state index contributed by atoms with van der Waals surface area (Å²) in [6.07, 6.45) is 8.00. The normalized spacial score (nSPS) is 24.1. The van der Waals surface area contributed by atoms with Crippen LogP contribution in [0.1, 0.15) is 59.6 Å². The molecule has 0 N–H and O–H groups in total. The smallest absolute Gasteiger partial charge is 0.253 e. The Bertz CT molecular complexity index is 985. The summed E-state index contributed by atoms with van der Waals surface area (Å²) in [7, 11) is 1.73. The van der Waals surface area contributed by atoms with Crippen LogP contribution in [0.5, 0.6) is 5.75 Å². The predicted octanol–water partition coefficient (Wildman–Crippen LogP) is 4.75. The molecule has 3 aliphatic rings. The molecular weight excluding hydrogens is 422 g/mol. The van der Waals surface area contributed by atoms with Gasteiger partial charge < -0.3 is 9.64 Å². The van der Waals surface area contributed by atoms with Gasteiger partial charge in [0.2, 0.25) is 0 Å². The molecule has 3 atom stereocenters. The van der Waals surface area contributed by atoms with Gasteiger partial charge in [-0.25, -0.2) is 0 Å². The van der Waals surface area contributed by atoms with Gasteiger partial charge in [-0.3, -0.25) is 14.6 Å². The van der Waals surface area contributed by atoms with E-state index < -0.39 is 0 Å². The Hall–Kier alpha value is -2.63. The van der Waals surface area contributed by atoms with Crippen LogP contribution >= 0.6 is 0 Å². The van der Waals surface area contributed by atoms with Crippen LogP contribution in [0.25, 0.3) is 0 Å². The molecule has 1 amide bonds. The number of piperazine rings is 1. The molecule has 0 saturated carbocycles. The van der Waals surface area contributed by atoms with Gasteiger partial charge in [0.25, 0.3) is 5.91 Å². The van der Waals surface area contributed by atoms with Gasteiger partial charge in [-0.1, -0.05) is 30.3 Å². The highest BCUT2D eigenvalue weighted by Gasteiger charge is 2.41. The molecule has 3 fully saturated rings. The summed E-state index contributed by atoms with van der Waals surface area (Å²) < 4.78 is 5.56. The number of piperidine rings is 1. The monoisotopic (exact) mass is 459 g/mol. The zero-order valence-corrected chi connectivity index (χ0v) is 20.4. The van der Waals surface area contributed by atoms with Gasteiger partial charge in [-0.05, 0) is 67.5 Å². The zero-order chi connectivity index (χ0) is 23.5. The number of ether oxygens (including phenoxy) is 1. The van der Waals surface area contributed by atoms with Crippen LogP contribution in [0.15, 0.2) is 61.2 Å². The van der Waals surface area contributed by atoms with Crippen LogP contribution in [0, 0.1) is 0 Å². The highest BCUT2D eigenvalue weighted by molar-refractivity contribution is 5.94.